The lowest BCUT2D eigenvalue weighted by molar-refractivity contribution is 0.188. The average molecular weight is 349 g/mol. The molecule has 2 atom stereocenters. The molecule has 2 unspecified atom stereocenters. The number of ether oxygens (including phenoxy) is 1. The first-order valence-electron chi connectivity index (χ1n) is 8.28. The topological polar surface area (TPSA) is 73.6 Å². The van der Waals surface area contributed by atoms with E-state index in [1.807, 2.05) is 25.2 Å². The van der Waals surface area contributed by atoms with Crippen molar-refractivity contribution in [3.63, 3.8) is 0 Å². The molecule has 7 heteroatoms. The molecule has 24 heavy (non-hydrogen) atoms. The van der Waals surface area contributed by atoms with Crippen molar-refractivity contribution in [2.75, 3.05) is 44.0 Å². The van der Waals surface area contributed by atoms with Crippen LogP contribution in [-0.2, 0) is 14.8 Å². The Hall–Kier alpha value is -1.62. The van der Waals surface area contributed by atoms with Crippen molar-refractivity contribution in [1.29, 1.82) is 5.26 Å². The summed E-state index contributed by atoms with van der Waals surface area (Å²) in [6.45, 7) is 2.28. The van der Waals surface area contributed by atoms with Crippen molar-refractivity contribution in [3.8, 4) is 6.07 Å². The molecule has 2 aliphatic rings. The maximum Gasteiger partial charge on any atom is 0.214 e. The second kappa shape index (κ2) is 7.09. The molecule has 2 fully saturated rings. The maximum atomic E-state index is 12.6. The van der Waals surface area contributed by atoms with Gasteiger partial charge in [-0.1, -0.05) is 6.07 Å². The van der Waals surface area contributed by atoms with Crippen molar-refractivity contribution in [2.24, 2.45) is 5.92 Å². The van der Waals surface area contributed by atoms with Gasteiger partial charge in [0.25, 0.3) is 0 Å². The molecular weight excluding hydrogens is 326 g/mol. The Labute approximate surface area is 143 Å². The predicted octanol–water partition coefficient (Wildman–Crippen LogP) is 1.44. The van der Waals surface area contributed by atoms with Crippen molar-refractivity contribution in [2.45, 2.75) is 18.9 Å². The number of nitriles is 1. The Balaban J connectivity index is 1.64. The van der Waals surface area contributed by atoms with Gasteiger partial charge in [0.2, 0.25) is 10.0 Å². The van der Waals surface area contributed by atoms with Crippen LogP contribution in [0.5, 0.6) is 0 Å². The van der Waals surface area contributed by atoms with E-state index >= 15 is 0 Å². The number of sulfonamides is 1. The zero-order valence-electron chi connectivity index (χ0n) is 13.9. The first-order valence-corrected chi connectivity index (χ1v) is 9.89. The van der Waals surface area contributed by atoms with Crippen LogP contribution < -0.4 is 4.90 Å². The first-order chi connectivity index (χ1) is 11.5. The molecule has 0 spiro atoms. The zero-order chi connectivity index (χ0) is 17.2. The molecule has 130 valence electrons. The Bertz CT molecular complexity index is 723. The number of benzene rings is 1. The molecule has 3 rings (SSSR count). The highest BCUT2D eigenvalue weighted by molar-refractivity contribution is 7.89. The van der Waals surface area contributed by atoms with Crippen molar-refractivity contribution in [1.82, 2.24) is 4.31 Å². The quantitative estimate of drug-likeness (QED) is 0.804. The van der Waals surface area contributed by atoms with Gasteiger partial charge in [-0.2, -0.15) is 9.57 Å². The monoisotopic (exact) mass is 349 g/mol. The van der Waals surface area contributed by atoms with Gasteiger partial charge in [-0.3, -0.25) is 0 Å². The van der Waals surface area contributed by atoms with E-state index in [9.17, 15) is 8.42 Å². The van der Waals surface area contributed by atoms with Crippen LogP contribution in [0, 0.1) is 17.2 Å². The summed E-state index contributed by atoms with van der Waals surface area (Å²) in [6.07, 6.45) is 1.63. The van der Waals surface area contributed by atoms with Crippen LogP contribution in [0.4, 0.5) is 5.69 Å². The highest BCUT2D eigenvalue weighted by Gasteiger charge is 2.35. The summed E-state index contributed by atoms with van der Waals surface area (Å²) in [5, 5.41) is 9.03. The summed E-state index contributed by atoms with van der Waals surface area (Å²) in [5.74, 6) is 0.312. The van der Waals surface area contributed by atoms with Crippen LogP contribution in [0.15, 0.2) is 24.3 Å². The molecule has 0 aliphatic carbocycles. The molecule has 0 saturated carbocycles. The van der Waals surface area contributed by atoms with E-state index in [1.54, 1.807) is 10.4 Å². The van der Waals surface area contributed by atoms with Gasteiger partial charge in [0.15, 0.2) is 0 Å². The van der Waals surface area contributed by atoms with E-state index in [4.69, 9.17) is 10.00 Å². The Kier molecular flexibility index (Phi) is 5.09. The smallest absolute Gasteiger partial charge is 0.214 e. The van der Waals surface area contributed by atoms with E-state index in [1.165, 1.54) is 0 Å². The molecule has 1 aromatic carbocycles. The number of anilines is 1. The Morgan fingerprint density at radius 2 is 2.25 bits per heavy atom. The van der Waals surface area contributed by atoms with Crippen molar-refractivity contribution < 1.29 is 13.2 Å². The second-order valence-electron chi connectivity index (χ2n) is 6.58. The average Bonchev–Trinajstić information content (AvgIpc) is 3.25. The molecule has 0 bridgehead atoms. The Morgan fingerprint density at radius 1 is 1.42 bits per heavy atom. The van der Waals surface area contributed by atoms with Gasteiger partial charge in [0, 0.05) is 38.5 Å². The van der Waals surface area contributed by atoms with E-state index in [0.29, 0.717) is 31.9 Å². The zero-order valence-corrected chi connectivity index (χ0v) is 14.7. The second-order valence-corrected chi connectivity index (χ2v) is 8.60. The Morgan fingerprint density at radius 3 is 2.96 bits per heavy atom. The minimum absolute atomic E-state index is 0.124. The lowest BCUT2D eigenvalue weighted by Crippen LogP contribution is -2.38. The third-order valence-electron chi connectivity index (χ3n) is 4.92. The summed E-state index contributed by atoms with van der Waals surface area (Å²) < 4.78 is 32.1. The fourth-order valence-corrected chi connectivity index (χ4v) is 5.26. The predicted molar refractivity (Wildman–Crippen MR) is 92.3 cm³/mol. The van der Waals surface area contributed by atoms with E-state index in [0.717, 1.165) is 18.5 Å². The molecule has 0 N–H and O–H groups in total. The summed E-state index contributed by atoms with van der Waals surface area (Å²) in [5.41, 5.74) is 1.56. The van der Waals surface area contributed by atoms with Gasteiger partial charge in [0.1, 0.15) is 0 Å². The highest BCUT2D eigenvalue weighted by atomic mass is 32.2. The number of rotatable bonds is 5. The molecular formula is C17H23N3O3S. The van der Waals surface area contributed by atoms with Crippen molar-refractivity contribution >= 4 is 15.7 Å². The highest BCUT2D eigenvalue weighted by Crippen LogP contribution is 2.25. The molecule has 2 heterocycles. The molecule has 2 aliphatic heterocycles. The van der Waals surface area contributed by atoms with Crippen LogP contribution in [0.25, 0.3) is 0 Å². The summed E-state index contributed by atoms with van der Waals surface area (Å²) in [7, 11) is -1.27. The van der Waals surface area contributed by atoms with Crippen molar-refractivity contribution in [3.05, 3.63) is 29.8 Å². The number of hydrogen-bond donors (Lipinski definition) is 0. The maximum absolute atomic E-state index is 12.6. The van der Waals surface area contributed by atoms with Crippen LogP contribution in [-0.4, -0.2) is 57.9 Å². The summed E-state index contributed by atoms with van der Waals surface area (Å²) >= 11 is 0. The largest absolute Gasteiger partial charge is 0.381 e. The van der Waals surface area contributed by atoms with Gasteiger partial charge < -0.3 is 9.64 Å². The SMILES string of the molecule is CN(c1cccc(C#N)c1)C1CCN(S(=O)(=O)CC2CCOC2)C1. The summed E-state index contributed by atoms with van der Waals surface area (Å²) in [4.78, 5) is 2.08. The minimum atomic E-state index is -3.23. The summed E-state index contributed by atoms with van der Waals surface area (Å²) in [6, 6.07) is 9.69. The minimum Gasteiger partial charge on any atom is -0.381 e. The molecule has 1 aromatic rings. The standard InChI is InChI=1S/C17H23N3O3S/c1-19(16-4-2-3-14(9-16)10-18)17-5-7-20(11-17)24(21,22)13-15-6-8-23-12-15/h2-4,9,15,17H,5-8,11-13H2,1H3. The van der Waals surface area contributed by atoms with Gasteiger partial charge in [-0.25, -0.2) is 8.42 Å². The molecule has 2 saturated heterocycles. The first kappa shape index (κ1) is 17.2. The van der Waals surface area contributed by atoms with Crippen LogP contribution in [0.2, 0.25) is 0 Å². The van der Waals surface area contributed by atoms with Crippen LogP contribution in [0.3, 0.4) is 0 Å². The van der Waals surface area contributed by atoms with E-state index in [-0.39, 0.29) is 17.7 Å². The van der Waals surface area contributed by atoms with E-state index in [2.05, 4.69) is 11.0 Å². The van der Waals surface area contributed by atoms with Crippen LogP contribution in [0.1, 0.15) is 18.4 Å². The molecule has 6 nitrogen and oxygen atoms in total. The number of nitrogens with zero attached hydrogens (tertiary/aromatic N) is 3. The fourth-order valence-electron chi connectivity index (χ4n) is 3.40. The number of likely N-dealkylation sites (N-methyl/N-ethyl adjacent to an activating group) is 1. The van der Waals surface area contributed by atoms with Crippen LogP contribution >= 0.6 is 0 Å². The lowest BCUT2D eigenvalue weighted by atomic mass is 10.1. The van der Waals surface area contributed by atoms with Gasteiger partial charge in [-0.05, 0) is 37.0 Å². The molecule has 0 amide bonds. The third-order valence-corrected chi connectivity index (χ3v) is 6.93. The third kappa shape index (κ3) is 3.72. The lowest BCUT2D eigenvalue weighted by Gasteiger charge is -2.27. The van der Waals surface area contributed by atoms with E-state index < -0.39 is 10.0 Å². The molecule has 0 radical (unpaired) electrons. The molecule has 0 aromatic heterocycles. The fraction of sp³-hybridized carbons (Fsp3) is 0.588. The van der Waals surface area contributed by atoms with Gasteiger partial charge in [0.05, 0.1) is 24.0 Å². The van der Waals surface area contributed by atoms with Gasteiger partial charge in [-0.15, -0.1) is 0 Å². The normalized spacial score (nSPS) is 24.8. The number of hydrogen-bond acceptors (Lipinski definition) is 5. The van der Waals surface area contributed by atoms with Gasteiger partial charge >= 0.3 is 0 Å².